The van der Waals surface area contributed by atoms with Gasteiger partial charge in [0, 0.05) is 31.2 Å². The van der Waals surface area contributed by atoms with E-state index in [1.54, 1.807) is 17.0 Å². The van der Waals surface area contributed by atoms with Gasteiger partial charge < -0.3 is 9.47 Å². The van der Waals surface area contributed by atoms with Crippen LogP contribution in [-0.4, -0.2) is 15.6 Å². The zero-order valence-electron chi connectivity index (χ0n) is 14.7. The second-order valence-corrected chi connectivity index (χ2v) is 6.62. The second kappa shape index (κ2) is 7.00. The number of rotatable bonds is 4. The van der Waals surface area contributed by atoms with Gasteiger partial charge in [0.25, 0.3) is 5.56 Å². The minimum absolute atomic E-state index is 0.0502. The number of anilines is 1. The molecule has 0 amide bonds. The Morgan fingerprint density at radius 2 is 1.69 bits per heavy atom. The Kier molecular flexibility index (Phi) is 4.40. The molecule has 3 aromatic rings. The van der Waals surface area contributed by atoms with Crippen LogP contribution in [0.25, 0.3) is 6.08 Å². The molecule has 0 fully saturated rings. The van der Waals surface area contributed by atoms with Gasteiger partial charge in [-0.1, -0.05) is 36.4 Å². The number of nitrogens with zero attached hydrogens (tertiary/aromatic N) is 3. The molecule has 4 heteroatoms. The summed E-state index contributed by atoms with van der Waals surface area (Å²) in [5, 5.41) is 0. The van der Waals surface area contributed by atoms with E-state index in [0.717, 1.165) is 23.4 Å². The number of aromatic nitrogens is 2. The molecule has 0 saturated heterocycles. The summed E-state index contributed by atoms with van der Waals surface area (Å²) in [6.07, 6.45) is 9.57. The van der Waals surface area contributed by atoms with Crippen LogP contribution in [0.5, 0.6) is 0 Å². The molecule has 0 radical (unpaired) electrons. The maximum atomic E-state index is 13.0. The molecule has 26 heavy (non-hydrogen) atoms. The molecule has 0 aliphatic carbocycles. The fourth-order valence-electron chi connectivity index (χ4n) is 3.37. The van der Waals surface area contributed by atoms with Crippen LogP contribution in [-0.2, 0) is 13.1 Å². The fraction of sp³-hybridized carbons (Fsp3) is 0.182. The summed E-state index contributed by atoms with van der Waals surface area (Å²) < 4.78 is 1.78. The first-order valence-electron chi connectivity index (χ1n) is 8.83. The fourth-order valence-corrected chi connectivity index (χ4v) is 3.37. The van der Waals surface area contributed by atoms with E-state index in [1.165, 1.54) is 5.56 Å². The Morgan fingerprint density at radius 1 is 0.962 bits per heavy atom. The molecule has 0 bridgehead atoms. The number of hydrogen-bond donors (Lipinski definition) is 0. The minimum atomic E-state index is 0.0502. The van der Waals surface area contributed by atoms with E-state index in [9.17, 15) is 4.79 Å². The van der Waals surface area contributed by atoms with Crippen LogP contribution >= 0.6 is 0 Å². The van der Waals surface area contributed by atoms with Crippen molar-refractivity contribution in [2.45, 2.75) is 26.1 Å². The van der Waals surface area contributed by atoms with Crippen LogP contribution in [0.15, 0.2) is 78.0 Å². The second-order valence-electron chi connectivity index (χ2n) is 6.62. The Hall–Kier alpha value is -3.14. The molecule has 0 saturated carbocycles. The monoisotopic (exact) mass is 343 g/mol. The summed E-state index contributed by atoms with van der Waals surface area (Å²) in [5.74, 6) is 0. The van der Waals surface area contributed by atoms with Crippen molar-refractivity contribution in [2.24, 2.45) is 0 Å². The summed E-state index contributed by atoms with van der Waals surface area (Å²) in [4.78, 5) is 19.3. The van der Waals surface area contributed by atoms with E-state index in [2.05, 4.69) is 29.0 Å². The average molecular weight is 343 g/mol. The molecular formula is C22H21N3O. The lowest BCUT2D eigenvalue weighted by Crippen LogP contribution is -2.36. The summed E-state index contributed by atoms with van der Waals surface area (Å²) in [6.45, 7) is 3.49. The van der Waals surface area contributed by atoms with Crippen molar-refractivity contribution in [2.75, 3.05) is 4.90 Å². The summed E-state index contributed by atoms with van der Waals surface area (Å²) in [7, 11) is 0. The van der Waals surface area contributed by atoms with Gasteiger partial charge in [-0.15, -0.1) is 0 Å². The summed E-state index contributed by atoms with van der Waals surface area (Å²) in [5.41, 5.74) is 4.11. The van der Waals surface area contributed by atoms with E-state index in [0.29, 0.717) is 6.54 Å². The summed E-state index contributed by atoms with van der Waals surface area (Å²) in [6, 6.07) is 16.4. The lowest BCUT2D eigenvalue weighted by atomic mass is 10.0. The molecule has 0 spiro atoms. The van der Waals surface area contributed by atoms with Gasteiger partial charge in [0.1, 0.15) is 0 Å². The number of fused-ring (bicyclic) bond motifs is 1. The Balaban J connectivity index is 1.68. The van der Waals surface area contributed by atoms with Gasteiger partial charge in [-0.05, 0) is 42.3 Å². The Labute approximate surface area is 153 Å². The van der Waals surface area contributed by atoms with E-state index in [4.69, 9.17) is 0 Å². The van der Waals surface area contributed by atoms with E-state index < -0.39 is 0 Å². The van der Waals surface area contributed by atoms with Gasteiger partial charge in [-0.2, -0.15) is 0 Å². The average Bonchev–Trinajstić information content (AvgIpc) is 2.68. The molecule has 1 atom stereocenters. The first-order chi connectivity index (χ1) is 12.7. The van der Waals surface area contributed by atoms with E-state index in [1.807, 2.05) is 54.7 Å². The minimum Gasteiger partial charge on any atom is -0.360 e. The predicted molar refractivity (Wildman–Crippen MR) is 105 cm³/mol. The standard InChI is InChI=1S/C22H21N3O/c1-17-7-8-20-21(25(17)16-19-9-12-23-13-10-19)11-14-24(22(20)26)15-18-5-3-2-4-6-18/h2-14,17H,15-16H2,1H3. The van der Waals surface area contributed by atoms with Crippen molar-refractivity contribution in [3.63, 3.8) is 0 Å². The number of benzene rings is 1. The lowest BCUT2D eigenvalue weighted by molar-refractivity contribution is 0.709. The molecule has 1 unspecified atom stereocenters. The van der Waals surface area contributed by atoms with Crippen molar-refractivity contribution >= 4 is 11.8 Å². The van der Waals surface area contributed by atoms with Crippen molar-refractivity contribution in [1.82, 2.24) is 9.55 Å². The van der Waals surface area contributed by atoms with Gasteiger partial charge in [-0.3, -0.25) is 9.78 Å². The highest BCUT2D eigenvalue weighted by atomic mass is 16.1. The van der Waals surface area contributed by atoms with Gasteiger partial charge in [0.15, 0.2) is 0 Å². The molecule has 1 aliphatic rings. The number of pyridine rings is 2. The normalized spacial score (nSPS) is 15.7. The largest absolute Gasteiger partial charge is 0.360 e. The highest BCUT2D eigenvalue weighted by molar-refractivity contribution is 5.71. The smallest absolute Gasteiger partial charge is 0.260 e. The van der Waals surface area contributed by atoms with E-state index in [-0.39, 0.29) is 11.6 Å². The van der Waals surface area contributed by atoms with Gasteiger partial charge in [0.05, 0.1) is 17.8 Å². The van der Waals surface area contributed by atoms with Crippen molar-refractivity contribution < 1.29 is 0 Å². The third-order valence-electron chi connectivity index (χ3n) is 4.82. The number of hydrogen-bond acceptors (Lipinski definition) is 3. The van der Waals surface area contributed by atoms with E-state index >= 15 is 0 Å². The lowest BCUT2D eigenvalue weighted by Gasteiger charge is -2.33. The molecule has 2 aromatic heterocycles. The summed E-state index contributed by atoms with van der Waals surface area (Å²) >= 11 is 0. The van der Waals surface area contributed by atoms with Crippen LogP contribution in [0.1, 0.15) is 23.6 Å². The molecule has 4 rings (SSSR count). The molecule has 130 valence electrons. The van der Waals surface area contributed by atoms with Gasteiger partial charge in [-0.25, -0.2) is 0 Å². The van der Waals surface area contributed by atoms with Crippen molar-refractivity contribution in [1.29, 1.82) is 0 Å². The van der Waals surface area contributed by atoms with Gasteiger partial charge in [0.2, 0.25) is 0 Å². The van der Waals surface area contributed by atoms with Crippen LogP contribution in [0.3, 0.4) is 0 Å². The highest BCUT2D eigenvalue weighted by Crippen LogP contribution is 2.28. The Bertz CT molecular complexity index is 977. The highest BCUT2D eigenvalue weighted by Gasteiger charge is 2.22. The molecule has 4 nitrogen and oxygen atoms in total. The molecule has 0 N–H and O–H groups in total. The van der Waals surface area contributed by atoms with Crippen LogP contribution in [0, 0.1) is 0 Å². The predicted octanol–water partition coefficient (Wildman–Crippen LogP) is 3.71. The topological polar surface area (TPSA) is 38.1 Å². The third-order valence-corrected chi connectivity index (χ3v) is 4.82. The third kappa shape index (κ3) is 3.18. The van der Waals surface area contributed by atoms with Crippen molar-refractivity contribution in [3.05, 3.63) is 100 Å². The maximum absolute atomic E-state index is 13.0. The first-order valence-corrected chi connectivity index (χ1v) is 8.83. The molecule has 1 aliphatic heterocycles. The molecular weight excluding hydrogens is 322 g/mol. The van der Waals surface area contributed by atoms with Gasteiger partial charge >= 0.3 is 0 Å². The Morgan fingerprint density at radius 3 is 2.46 bits per heavy atom. The molecule has 3 heterocycles. The SMILES string of the molecule is CC1C=Cc2c(ccn(Cc3ccccc3)c2=O)N1Cc1ccncc1. The maximum Gasteiger partial charge on any atom is 0.260 e. The van der Waals surface area contributed by atoms with Crippen molar-refractivity contribution in [3.8, 4) is 0 Å². The zero-order valence-corrected chi connectivity index (χ0v) is 14.7. The van der Waals surface area contributed by atoms with Crippen LogP contribution in [0.4, 0.5) is 5.69 Å². The van der Waals surface area contributed by atoms with Crippen LogP contribution in [0.2, 0.25) is 0 Å². The quantitative estimate of drug-likeness (QED) is 0.725. The zero-order chi connectivity index (χ0) is 17.9. The van der Waals surface area contributed by atoms with Crippen LogP contribution < -0.4 is 10.5 Å². The first kappa shape index (κ1) is 16.3. The molecule has 1 aromatic carbocycles.